The number of rotatable bonds is 6. The number of sulfonamides is 1. The van der Waals surface area contributed by atoms with Gasteiger partial charge in [-0.3, -0.25) is 0 Å². The van der Waals surface area contributed by atoms with E-state index in [2.05, 4.69) is 20.7 Å². The summed E-state index contributed by atoms with van der Waals surface area (Å²) >= 11 is 3.25. The molecule has 18 heavy (non-hydrogen) atoms. The van der Waals surface area contributed by atoms with Crippen molar-refractivity contribution in [2.45, 2.75) is 31.2 Å². The maximum absolute atomic E-state index is 12.1. The minimum Gasteiger partial charge on any atom is -0.395 e. The summed E-state index contributed by atoms with van der Waals surface area (Å²) in [6, 6.07) is 5.95. The van der Waals surface area contributed by atoms with Crippen LogP contribution in [0.3, 0.4) is 0 Å². The lowest BCUT2D eigenvalue weighted by molar-refractivity contribution is 0.240. The topological polar surface area (TPSA) is 66.4 Å². The van der Waals surface area contributed by atoms with Crippen molar-refractivity contribution in [3.63, 3.8) is 0 Å². The van der Waals surface area contributed by atoms with Crippen molar-refractivity contribution in [2.24, 2.45) is 5.92 Å². The zero-order chi connectivity index (χ0) is 13.8. The molecule has 6 heteroatoms. The van der Waals surface area contributed by atoms with Crippen LogP contribution < -0.4 is 4.72 Å². The predicted octanol–water partition coefficient (Wildman–Crippen LogP) is 2.13. The maximum atomic E-state index is 12.1. The second-order valence-electron chi connectivity index (χ2n) is 4.58. The minimum absolute atomic E-state index is 0.200. The maximum Gasteiger partial charge on any atom is 0.240 e. The normalized spacial score (nSPS) is 13.8. The van der Waals surface area contributed by atoms with Crippen LogP contribution in [0.2, 0.25) is 0 Å². The van der Waals surface area contributed by atoms with Crippen molar-refractivity contribution in [1.82, 2.24) is 4.72 Å². The van der Waals surface area contributed by atoms with Gasteiger partial charge < -0.3 is 5.11 Å². The molecule has 0 saturated heterocycles. The third-order valence-electron chi connectivity index (χ3n) is 2.42. The quantitative estimate of drug-likeness (QED) is 0.836. The molecular weight excluding hydrogens is 318 g/mol. The Morgan fingerprint density at radius 1 is 1.28 bits per heavy atom. The van der Waals surface area contributed by atoms with Gasteiger partial charge in [-0.15, -0.1) is 0 Å². The average molecular weight is 336 g/mol. The molecule has 0 amide bonds. The van der Waals surface area contributed by atoms with Crippen molar-refractivity contribution in [3.8, 4) is 0 Å². The molecule has 4 nitrogen and oxygen atoms in total. The lowest BCUT2D eigenvalue weighted by Gasteiger charge is -2.18. The van der Waals surface area contributed by atoms with Crippen molar-refractivity contribution in [1.29, 1.82) is 0 Å². The van der Waals surface area contributed by atoms with Crippen LogP contribution in [0.15, 0.2) is 33.6 Å². The van der Waals surface area contributed by atoms with Gasteiger partial charge in [-0.05, 0) is 36.6 Å². The van der Waals surface area contributed by atoms with Crippen LogP contribution >= 0.6 is 15.9 Å². The lowest BCUT2D eigenvalue weighted by Crippen LogP contribution is -2.38. The Kier molecular flexibility index (Phi) is 5.78. The minimum atomic E-state index is -3.56. The molecule has 1 atom stereocenters. The number of nitrogens with one attached hydrogen (secondary N) is 1. The van der Waals surface area contributed by atoms with E-state index in [1.807, 2.05) is 13.8 Å². The highest BCUT2D eigenvalue weighted by atomic mass is 79.9. The second-order valence-corrected chi connectivity index (χ2v) is 7.21. The van der Waals surface area contributed by atoms with E-state index in [-0.39, 0.29) is 11.5 Å². The molecule has 0 aliphatic rings. The Morgan fingerprint density at radius 2 is 1.83 bits per heavy atom. The molecule has 0 aromatic heterocycles. The first-order chi connectivity index (χ1) is 8.35. The smallest absolute Gasteiger partial charge is 0.240 e. The summed E-state index contributed by atoms with van der Waals surface area (Å²) in [7, 11) is -3.56. The third-order valence-corrected chi connectivity index (χ3v) is 4.49. The molecule has 0 spiro atoms. The Labute approximate surface area is 117 Å². The summed E-state index contributed by atoms with van der Waals surface area (Å²) in [5.74, 6) is 0.315. The molecule has 0 unspecified atom stereocenters. The fourth-order valence-electron chi connectivity index (χ4n) is 1.63. The van der Waals surface area contributed by atoms with E-state index >= 15 is 0 Å². The molecular formula is C12H18BrNO3S. The van der Waals surface area contributed by atoms with Crippen molar-refractivity contribution < 1.29 is 13.5 Å². The average Bonchev–Trinajstić information content (AvgIpc) is 2.27. The first-order valence-corrected chi connectivity index (χ1v) is 8.01. The molecule has 2 N–H and O–H groups in total. The molecule has 0 heterocycles. The Hall–Kier alpha value is -0.430. The summed E-state index contributed by atoms with van der Waals surface area (Å²) in [5.41, 5.74) is 0. The number of halogens is 1. The highest BCUT2D eigenvalue weighted by molar-refractivity contribution is 9.10. The largest absolute Gasteiger partial charge is 0.395 e. The van der Waals surface area contributed by atoms with Crippen LogP contribution in [0.25, 0.3) is 0 Å². The van der Waals surface area contributed by atoms with Crippen LogP contribution in [0, 0.1) is 5.92 Å². The van der Waals surface area contributed by atoms with Gasteiger partial charge in [-0.2, -0.15) is 0 Å². The zero-order valence-corrected chi connectivity index (χ0v) is 12.8. The lowest BCUT2D eigenvalue weighted by atomic mass is 10.1. The van der Waals surface area contributed by atoms with E-state index in [4.69, 9.17) is 0 Å². The molecule has 0 aliphatic heterocycles. The molecule has 0 aliphatic carbocycles. The van der Waals surface area contributed by atoms with E-state index in [1.54, 1.807) is 12.1 Å². The Balaban J connectivity index is 2.83. The molecule has 102 valence electrons. The van der Waals surface area contributed by atoms with E-state index in [9.17, 15) is 13.5 Å². The molecule has 0 bridgehead atoms. The third kappa shape index (κ3) is 4.68. The van der Waals surface area contributed by atoms with Gasteiger partial charge in [0.05, 0.1) is 11.5 Å². The number of hydrogen-bond donors (Lipinski definition) is 2. The molecule has 0 saturated carbocycles. The Bertz CT molecular complexity index is 471. The van der Waals surface area contributed by atoms with Gasteiger partial charge >= 0.3 is 0 Å². The van der Waals surface area contributed by atoms with Crippen LogP contribution in [0.5, 0.6) is 0 Å². The highest BCUT2D eigenvalue weighted by Crippen LogP contribution is 2.15. The van der Waals surface area contributed by atoms with E-state index in [0.717, 1.165) is 4.47 Å². The van der Waals surface area contributed by atoms with Gasteiger partial charge in [-0.1, -0.05) is 29.8 Å². The molecule has 0 fully saturated rings. The molecule has 0 radical (unpaired) electrons. The van der Waals surface area contributed by atoms with Gasteiger partial charge in [0, 0.05) is 10.5 Å². The predicted molar refractivity (Wildman–Crippen MR) is 74.8 cm³/mol. The van der Waals surface area contributed by atoms with Crippen LogP contribution in [0.4, 0.5) is 0 Å². The monoisotopic (exact) mass is 335 g/mol. The van der Waals surface area contributed by atoms with Gasteiger partial charge in [0.25, 0.3) is 0 Å². The fourth-order valence-corrected chi connectivity index (χ4v) is 3.13. The van der Waals surface area contributed by atoms with Crippen molar-refractivity contribution in [2.75, 3.05) is 6.61 Å². The molecule has 1 rings (SSSR count). The van der Waals surface area contributed by atoms with Crippen LogP contribution in [-0.4, -0.2) is 26.2 Å². The SMILES string of the molecule is CC(C)C[C@@H](CO)NS(=O)(=O)c1ccc(Br)cc1. The van der Waals surface area contributed by atoms with Crippen LogP contribution in [0.1, 0.15) is 20.3 Å². The zero-order valence-electron chi connectivity index (χ0n) is 10.4. The summed E-state index contributed by atoms with van der Waals surface area (Å²) in [5, 5.41) is 9.19. The van der Waals surface area contributed by atoms with Crippen LogP contribution in [-0.2, 0) is 10.0 Å². The van der Waals surface area contributed by atoms with E-state index < -0.39 is 16.1 Å². The van der Waals surface area contributed by atoms with Crippen molar-refractivity contribution in [3.05, 3.63) is 28.7 Å². The molecule has 1 aromatic carbocycles. The highest BCUT2D eigenvalue weighted by Gasteiger charge is 2.20. The van der Waals surface area contributed by atoms with Gasteiger partial charge in [0.1, 0.15) is 0 Å². The number of aliphatic hydroxyl groups is 1. The van der Waals surface area contributed by atoms with Gasteiger partial charge in [-0.25, -0.2) is 13.1 Å². The summed E-state index contributed by atoms with van der Waals surface area (Å²) in [6.07, 6.45) is 0.603. The van der Waals surface area contributed by atoms with E-state index in [1.165, 1.54) is 12.1 Å². The standard InChI is InChI=1S/C12H18BrNO3S/c1-9(2)7-11(8-15)14-18(16,17)12-5-3-10(13)4-6-12/h3-6,9,11,14-15H,7-8H2,1-2H3/t11-/m0/s1. The first-order valence-electron chi connectivity index (χ1n) is 5.74. The summed E-state index contributed by atoms with van der Waals surface area (Å²) < 4.78 is 27.5. The first kappa shape index (κ1) is 15.6. The second kappa shape index (κ2) is 6.65. The summed E-state index contributed by atoms with van der Waals surface area (Å²) in [4.78, 5) is 0.202. The number of aliphatic hydroxyl groups excluding tert-OH is 1. The number of hydrogen-bond acceptors (Lipinski definition) is 3. The van der Waals surface area contributed by atoms with Gasteiger partial charge in [0.2, 0.25) is 10.0 Å². The Morgan fingerprint density at radius 3 is 2.28 bits per heavy atom. The van der Waals surface area contributed by atoms with Crippen molar-refractivity contribution >= 4 is 26.0 Å². The fraction of sp³-hybridized carbons (Fsp3) is 0.500. The molecule has 1 aromatic rings. The van der Waals surface area contributed by atoms with E-state index in [0.29, 0.717) is 12.3 Å². The van der Waals surface area contributed by atoms with Gasteiger partial charge in [0.15, 0.2) is 0 Å². The number of benzene rings is 1. The summed E-state index contributed by atoms with van der Waals surface area (Å²) in [6.45, 7) is 3.76.